The molecule has 5 heteroatoms. The molecule has 2 rings (SSSR count). The SMILES string of the molecule is NC1(C(=O)NCc2ccsc2Cl)CC1. The molecule has 0 aromatic carbocycles. The van der Waals surface area contributed by atoms with E-state index >= 15 is 0 Å². The molecule has 1 fully saturated rings. The maximum atomic E-state index is 11.5. The molecule has 1 aromatic heterocycles. The Bertz CT molecular complexity index is 359. The number of carbonyl (C=O) groups excluding carboxylic acids is 1. The predicted molar refractivity (Wildman–Crippen MR) is 57.3 cm³/mol. The van der Waals surface area contributed by atoms with Gasteiger partial charge in [0.1, 0.15) is 0 Å². The molecule has 1 heterocycles. The molecule has 1 amide bonds. The van der Waals surface area contributed by atoms with E-state index in [2.05, 4.69) is 5.32 Å². The Morgan fingerprint density at radius 2 is 2.43 bits per heavy atom. The summed E-state index contributed by atoms with van der Waals surface area (Å²) in [5.74, 6) is -0.0697. The molecule has 3 nitrogen and oxygen atoms in total. The highest BCUT2D eigenvalue weighted by Crippen LogP contribution is 2.32. The monoisotopic (exact) mass is 230 g/mol. The van der Waals surface area contributed by atoms with Crippen LogP contribution < -0.4 is 11.1 Å². The first-order valence-electron chi connectivity index (χ1n) is 4.41. The summed E-state index contributed by atoms with van der Waals surface area (Å²) in [6.07, 6.45) is 1.58. The van der Waals surface area contributed by atoms with Crippen molar-refractivity contribution >= 4 is 28.8 Å². The number of hydrogen-bond donors (Lipinski definition) is 2. The van der Waals surface area contributed by atoms with Crippen molar-refractivity contribution in [3.05, 3.63) is 21.3 Å². The van der Waals surface area contributed by atoms with Gasteiger partial charge in [-0.15, -0.1) is 11.3 Å². The number of thiophene rings is 1. The second-order valence-electron chi connectivity index (χ2n) is 3.56. The summed E-state index contributed by atoms with van der Waals surface area (Å²) >= 11 is 7.35. The van der Waals surface area contributed by atoms with Crippen molar-refractivity contribution in [2.24, 2.45) is 5.73 Å². The van der Waals surface area contributed by atoms with E-state index in [1.54, 1.807) is 0 Å². The van der Waals surface area contributed by atoms with E-state index in [9.17, 15) is 4.79 Å². The lowest BCUT2D eigenvalue weighted by molar-refractivity contribution is -0.123. The minimum absolute atomic E-state index is 0.0697. The number of hydrogen-bond acceptors (Lipinski definition) is 3. The molecule has 3 N–H and O–H groups in total. The van der Waals surface area contributed by atoms with Crippen LogP contribution in [-0.4, -0.2) is 11.4 Å². The van der Waals surface area contributed by atoms with Gasteiger partial charge in [0.2, 0.25) is 5.91 Å². The van der Waals surface area contributed by atoms with E-state index in [0.29, 0.717) is 6.54 Å². The summed E-state index contributed by atoms with van der Waals surface area (Å²) in [7, 11) is 0. The number of amides is 1. The van der Waals surface area contributed by atoms with Gasteiger partial charge in [-0.3, -0.25) is 4.79 Å². The maximum absolute atomic E-state index is 11.5. The Labute approximate surface area is 91.2 Å². The zero-order chi connectivity index (χ0) is 10.2. The van der Waals surface area contributed by atoms with Gasteiger partial charge in [-0.25, -0.2) is 0 Å². The van der Waals surface area contributed by atoms with E-state index in [1.165, 1.54) is 11.3 Å². The van der Waals surface area contributed by atoms with Gasteiger partial charge < -0.3 is 11.1 Å². The van der Waals surface area contributed by atoms with E-state index < -0.39 is 5.54 Å². The Kier molecular flexibility index (Phi) is 2.51. The number of carbonyl (C=O) groups is 1. The minimum atomic E-state index is -0.595. The van der Waals surface area contributed by atoms with Gasteiger partial charge in [-0.1, -0.05) is 11.6 Å². The molecule has 0 aliphatic heterocycles. The van der Waals surface area contributed by atoms with Gasteiger partial charge in [0.25, 0.3) is 0 Å². The number of halogens is 1. The van der Waals surface area contributed by atoms with Crippen LogP contribution in [0.3, 0.4) is 0 Å². The lowest BCUT2D eigenvalue weighted by Gasteiger charge is -2.09. The molecule has 1 aliphatic carbocycles. The maximum Gasteiger partial charge on any atom is 0.240 e. The summed E-state index contributed by atoms with van der Waals surface area (Å²) < 4.78 is 0.729. The predicted octanol–water partition coefficient (Wildman–Crippen LogP) is 1.51. The zero-order valence-corrected chi connectivity index (χ0v) is 9.12. The highest BCUT2D eigenvalue weighted by atomic mass is 35.5. The standard InChI is InChI=1S/C9H11ClN2OS/c10-7-6(1-4-14-7)5-12-8(13)9(11)2-3-9/h1,4H,2-3,5,11H2,(H,12,13). The highest BCUT2D eigenvalue weighted by molar-refractivity contribution is 7.14. The smallest absolute Gasteiger partial charge is 0.240 e. The van der Waals surface area contributed by atoms with Gasteiger partial charge in [-0.2, -0.15) is 0 Å². The quantitative estimate of drug-likeness (QED) is 0.827. The van der Waals surface area contributed by atoms with Crippen LogP contribution >= 0.6 is 22.9 Å². The normalized spacial score (nSPS) is 17.9. The first kappa shape index (κ1) is 9.96. The highest BCUT2D eigenvalue weighted by Gasteiger charge is 2.45. The molecular weight excluding hydrogens is 220 g/mol. The second kappa shape index (κ2) is 3.53. The molecule has 0 saturated heterocycles. The van der Waals surface area contributed by atoms with Gasteiger partial charge in [0.05, 0.1) is 9.88 Å². The summed E-state index contributed by atoms with van der Waals surface area (Å²) in [6, 6.07) is 1.91. The fourth-order valence-corrected chi connectivity index (χ4v) is 2.09. The van der Waals surface area contributed by atoms with E-state index in [0.717, 1.165) is 22.7 Å². The molecule has 0 atom stereocenters. The molecule has 1 aromatic rings. The topological polar surface area (TPSA) is 55.1 Å². The number of nitrogens with two attached hydrogens (primary N) is 1. The van der Waals surface area contributed by atoms with Crippen LogP contribution in [0.4, 0.5) is 0 Å². The molecule has 1 saturated carbocycles. The first-order chi connectivity index (χ1) is 6.62. The molecule has 0 bridgehead atoms. The summed E-state index contributed by atoms with van der Waals surface area (Å²) in [4.78, 5) is 11.5. The minimum Gasteiger partial charge on any atom is -0.350 e. The van der Waals surface area contributed by atoms with Crippen LogP contribution in [-0.2, 0) is 11.3 Å². The summed E-state index contributed by atoms with van der Waals surface area (Å²) in [5, 5.41) is 4.69. The van der Waals surface area contributed by atoms with Gasteiger partial charge >= 0.3 is 0 Å². The van der Waals surface area contributed by atoms with Crippen molar-refractivity contribution in [2.45, 2.75) is 24.9 Å². The van der Waals surface area contributed by atoms with Crippen molar-refractivity contribution in [2.75, 3.05) is 0 Å². The largest absolute Gasteiger partial charge is 0.350 e. The van der Waals surface area contributed by atoms with Crippen LogP contribution in [0.2, 0.25) is 4.34 Å². The third-order valence-corrected chi connectivity index (χ3v) is 3.62. The molecular formula is C9H11ClN2OS. The Balaban J connectivity index is 1.89. The molecule has 0 radical (unpaired) electrons. The van der Waals surface area contributed by atoms with E-state index in [-0.39, 0.29) is 5.91 Å². The van der Waals surface area contributed by atoms with E-state index in [1.807, 2.05) is 11.4 Å². The van der Waals surface area contributed by atoms with Crippen molar-refractivity contribution < 1.29 is 4.79 Å². The molecule has 1 aliphatic rings. The van der Waals surface area contributed by atoms with Gasteiger partial charge in [0.15, 0.2) is 0 Å². The molecule has 0 spiro atoms. The Hall–Kier alpha value is -0.580. The van der Waals surface area contributed by atoms with Crippen molar-refractivity contribution in [3.8, 4) is 0 Å². The fraction of sp³-hybridized carbons (Fsp3) is 0.444. The molecule has 0 unspecified atom stereocenters. The van der Waals surface area contributed by atoms with Crippen LogP contribution in [0.5, 0.6) is 0 Å². The average molecular weight is 231 g/mol. The first-order valence-corrected chi connectivity index (χ1v) is 5.67. The van der Waals surface area contributed by atoms with Crippen molar-refractivity contribution in [3.63, 3.8) is 0 Å². The third-order valence-electron chi connectivity index (χ3n) is 2.37. The zero-order valence-electron chi connectivity index (χ0n) is 7.55. The van der Waals surface area contributed by atoms with Crippen LogP contribution in [0, 0.1) is 0 Å². The average Bonchev–Trinajstić information content (AvgIpc) is 2.77. The summed E-state index contributed by atoms with van der Waals surface area (Å²) in [5.41, 5.74) is 6.08. The lowest BCUT2D eigenvalue weighted by atomic mass is 10.2. The van der Waals surface area contributed by atoms with Crippen LogP contribution in [0.15, 0.2) is 11.4 Å². The third kappa shape index (κ3) is 1.92. The number of nitrogens with one attached hydrogen (secondary N) is 1. The van der Waals surface area contributed by atoms with Gasteiger partial charge in [-0.05, 0) is 24.3 Å². The van der Waals surface area contributed by atoms with Crippen LogP contribution in [0.1, 0.15) is 18.4 Å². The second-order valence-corrected chi connectivity index (χ2v) is 5.08. The van der Waals surface area contributed by atoms with Crippen LogP contribution in [0.25, 0.3) is 0 Å². The molecule has 14 heavy (non-hydrogen) atoms. The Morgan fingerprint density at radius 3 is 2.93 bits per heavy atom. The molecule has 76 valence electrons. The van der Waals surface area contributed by atoms with Gasteiger partial charge in [0, 0.05) is 12.1 Å². The Morgan fingerprint density at radius 1 is 1.71 bits per heavy atom. The van der Waals surface area contributed by atoms with Crippen molar-refractivity contribution in [1.29, 1.82) is 0 Å². The summed E-state index contributed by atoms with van der Waals surface area (Å²) in [6.45, 7) is 0.472. The van der Waals surface area contributed by atoms with E-state index in [4.69, 9.17) is 17.3 Å². The van der Waals surface area contributed by atoms with Crippen molar-refractivity contribution in [1.82, 2.24) is 5.32 Å². The lowest BCUT2D eigenvalue weighted by Crippen LogP contribution is -2.42. The number of rotatable bonds is 3. The fourth-order valence-electron chi connectivity index (χ4n) is 1.16.